The Morgan fingerprint density at radius 3 is 2.50 bits per heavy atom. The lowest BCUT2D eigenvalue weighted by Crippen LogP contribution is -2.23. The van der Waals surface area contributed by atoms with Gasteiger partial charge in [-0.2, -0.15) is 9.36 Å². The third kappa shape index (κ3) is 2.63. The highest BCUT2D eigenvalue weighted by Gasteiger charge is 2.13. The van der Waals surface area contributed by atoms with Crippen LogP contribution in [0.2, 0.25) is 0 Å². The van der Waals surface area contributed by atoms with Crippen LogP contribution in [0.5, 0.6) is 5.75 Å². The Labute approximate surface area is 127 Å². The van der Waals surface area contributed by atoms with Crippen molar-refractivity contribution in [1.29, 1.82) is 0 Å². The highest BCUT2D eigenvalue weighted by Crippen LogP contribution is 2.19. The van der Waals surface area contributed by atoms with Crippen LogP contribution < -0.4 is 10.4 Å². The van der Waals surface area contributed by atoms with Gasteiger partial charge in [0.05, 0.1) is 5.69 Å². The molecule has 0 fully saturated rings. The summed E-state index contributed by atoms with van der Waals surface area (Å²) in [5.41, 5.74) is 2.35. The Bertz CT molecular complexity index is 837. The summed E-state index contributed by atoms with van der Waals surface area (Å²) in [6.45, 7) is 2.34. The fraction of sp³-hybridized carbons (Fsp3) is 0.188. The molecule has 112 valence electrons. The molecule has 0 bridgehead atoms. The van der Waals surface area contributed by atoms with E-state index in [2.05, 4.69) is 10.4 Å². The molecule has 0 saturated heterocycles. The number of benzene rings is 2. The summed E-state index contributed by atoms with van der Waals surface area (Å²) >= 11 is 0. The van der Waals surface area contributed by atoms with E-state index >= 15 is 0 Å². The number of hydrogen-bond acceptors (Lipinski definition) is 4. The second-order valence-corrected chi connectivity index (χ2v) is 4.97. The monoisotopic (exact) mass is 296 g/mol. The first kappa shape index (κ1) is 14.1. The Kier molecular flexibility index (Phi) is 3.74. The normalized spacial score (nSPS) is 10.6. The first-order chi connectivity index (χ1) is 10.7. The van der Waals surface area contributed by atoms with Crippen molar-refractivity contribution in [2.75, 3.05) is 0 Å². The topological polar surface area (TPSA) is 61.9 Å². The molecule has 0 unspecified atom stereocenters. The van der Waals surface area contributed by atoms with Gasteiger partial charge in [-0.05, 0) is 41.1 Å². The number of tetrazole rings is 1. The van der Waals surface area contributed by atoms with Crippen molar-refractivity contribution in [1.82, 2.24) is 19.8 Å². The van der Waals surface area contributed by atoms with Crippen LogP contribution in [-0.4, -0.2) is 19.8 Å². The van der Waals surface area contributed by atoms with Crippen molar-refractivity contribution < 1.29 is 4.74 Å². The molecule has 0 radical (unpaired) electrons. The molecule has 1 aromatic heterocycles. The van der Waals surface area contributed by atoms with Crippen molar-refractivity contribution in [3.05, 3.63) is 70.1 Å². The largest absolute Gasteiger partial charge is 0.489 e. The maximum atomic E-state index is 12.1. The van der Waals surface area contributed by atoms with Crippen LogP contribution in [0.3, 0.4) is 0 Å². The third-order valence-electron chi connectivity index (χ3n) is 3.46. The molecular formula is C16H16N4O2. The maximum absolute atomic E-state index is 12.1. The van der Waals surface area contributed by atoms with E-state index in [4.69, 9.17) is 4.74 Å². The summed E-state index contributed by atoms with van der Waals surface area (Å²) in [5, 5.41) is 7.66. The molecule has 0 amide bonds. The average molecular weight is 296 g/mol. The van der Waals surface area contributed by atoms with E-state index < -0.39 is 0 Å². The Morgan fingerprint density at radius 1 is 1.05 bits per heavy atom. The zero-order valence-electron chi connectivity index (χ0n) is 12.4. The van der Waals surface area contributed by atoms with E-state index in [1.165, 1.54) is 9.36 Å². The lowest BCUT2D eigenvalue weighted by Gasteiger charge is -2.12. The van der Waals surface area contributed by atoms with Crippen LogP contribution in [0.1, 0.15) is 11.1 Å². The zero-order valence-corrected chi connectivity index (χ0v) is 12.4. The number of aromatic nitrogens is 4. The van der Waals surface area contributed by atoms with Gasteiger partial charge in [0.1, 0.15) is 12.4 Å². The van der Waals surface area contributed by atoms with Crippen LogP contribution >= 0.6 is 0 Å². The predicted octanol–water partition coefficient (Wildman–Crippen LogP) is 1.85. The summed E-state index contributed by atoms with van der Waals surface area (Å²) in [5.74, 6) is 0.781. The van der Waals surface area contributed by atoms with Gasteiger partial charge in [-0.1, -0.05) is 30.3 Å². The van der Waals surface area contributed by atoms with Crippen LogP contribution in [0.15, 0.2) is 53.3 Å². The van der Waals surface area contributed by atoms with Crippen molar-refractivity contribution in [2.45, 2.75) is 13.5 Å². The molecule has 6 nitrogen and oxygen atoms in total. The van der Waals surface area contributed by atoms with Gasteiger partial charge < -0.3 is 4.74 Å². The molecule has 22 heavy (non-hydrogen) atoms. The lowest BCUT2D eigenvalue weighted by molar-refractivity contribution is 0.304. The van der Waals surface area contributed by atoms with Gasteiger partial charge >= 0.3 is 5.69 Å². The summed E-state index contributed by atoms with van der Waals surface area (Å²) < 4.78 is 8.30. The van der Waals surface area contributed by atoms with Crippen molar-refractivity contribution in [3.63, 3.8) is 0 Å². The van der Waals surface area contributed by atoms with Gasteiger partial charge in [0.2, 0.25) is 0 Å². The first-order valence-electron chi connectivity index (χ1n) is 6.92. The second kappa shape index (κ2) is 5.85. The molecule has 0 aliphatic rings. The maximum Gasteiger partial charge on any atom is 0.368 e. The molecule has 0 aliphatic carbocycles. The number of rotatable bonds is 4. The molecule has 0 atom stereocenters. The molecule has 6 heteroatoms. The summed E-state index contributed by atoms with van der Waals surface area (Å²) in [6, 6.07) is 15.3. The van der Waals surface area contributed by atoms with Crippen LogP contribution in [0.4, 0.5) is 0 Å². The van der Waals surface area contributed by atoms with Crippen molar-refractivity contribution in [2.24, 2.45) is 7.05 Å². The van der Waals surface area contributed by atoms with Gasteiger partial charge in [-0.25, -0.2) is 4.79 Å². The Hall–Kier alpha value is -2.89. The summed E-state index contributed by atoms with van der Waals surface area (Å²) in [6.07, 6.45) is 0. The van der Waals surface area contributed by atoms with Crippen molar-refractivity contribution in [3.8, 4) is 11.4 Å². The summed E-state index contributed by atoms with van der Waals surface area (Å²) in [4.78, 5) is 12.1. The number of hydrogen-bond donors (Lipinski definition) is 0. The minimum absolute atomic E-state index is 0.286. The molecule has 0 spiro atoms. The molecule has 0 aliphatic heterocycles. The van der Waals surface area contributed by atoms with Crippen molar-refractivity contribution >= 4 is 0 Å². The molecule has 3 aromatic rings. The second-order valence-electron chi connectivity index (χ2n) is 4.97. The molecule has 1 heterocycles. The van der Waals surface area contributed by atoms with Gasteiger partial charge in [-0.3, -0.25) is 0 Å². The molecule has 3 rings (SSSR count). The predicted molar refractivity (Wildman–Crippen MR) is 82.1 cm³/mol. The van der Waals surface area contributed by atoms with E-state index in [-0.39, 0.29) is 5.69 Å². The van der Waals surface area contributed by atoms with E-state index in [1.807, 2.05) is 55.5 Å². The average Bonchev–Trinajstić information content (AvgIpc) is 2.86. The Morgan fingerprint density at radius 2 is 1.82 bits per heavy atom. The highest BCUT2D eigenvalue weighted by atomic mass is 16.5. The minimum atomic E-state index is -0.286. The van der Waals surface area contributed by atoms with Gasteiger partial charge in [0.25, 0.3) is 0 Å². The number of nitrogens with zero attached hydrogens (tertiary/aromatic N) is 4. The van der Waals surface area contributed by atoms with E-state index in [0.29, 0.717) is 12.3 Å². The van der Waals surface area contributed by atoms with Gasteiger partial charge in [0, 0.05) is 12.6 Å². The fourth-order valence-electron chi connectivity index (χ4n) is 2.21. The standard InChI is InChI=1S/C16H16N4O2/c1-12-7-6-10-15(20-16(21)19(2)17-18-20)14(12)11-22-13-8-4-3-5-9-13/h3-10H,11H2,1-2H3. The van der Waals surface area contributed by atoms with Crippen LogP contribution in [-0.2, 0) is 13.7 Å². The number of ether oxygens (including phenoxy) is 1. The van der Waals surface area contributed by atoms with E-state index in [0.717, 1.165) is 16.9 Å². The number of aryl methyl sites for hydroxylation is 2. The lowest BCUT2D eigenvalue weighted by atomic mass is 10.1. The first-order valence-corrected chi connectivity index (χ1v) is 6.92. The molecule has 2 aromatic carbocycles. The quantitative estimate of drug-likeness (QED) is 0.737. The third-order valence-corrected chi connectivity index (χ3v) is 3.46. The molecular weight excluding hydrogens is 280 g/mol. The summed E-state index contributed by atoms with van der Waals surface area (Å²) in [7, 11) is 1.57. The van der Waals surface area contributed by atoms with Crippen LogP contribution in [0, 0.1) is 6.92 Å². The smallest absolute Gasteiger partial charge is 0.368 e. The van der Waals surface area contributed by atoms with E-state index in [9.17, 15) is 4.79 Å². The SMILES string of the molecule is Cc1cccc(-n2nnn(C)c2=O)c1COc1ccccc1. The minimum Gasteiger partial charge on any atom is -0.489 e. The Balaban J connectivity index is 1.97. The number of para-hydroxylation sites is 1. The van der Waals surface area contributed by atoms with Gasteiger partial charge in [-0.15, -0.1) is 0 Å². The van der Waals surface area contributed by atoms with Gasteiger partial charge in [0.15, 0.2) is 0 Å². The van der Waals surface area contributed by atoms with Crippen LogP contribution in [0.25, 0.3) is 5.69 Å². The van der Waals surface area contributed by atoms with E-state index in [1.54, 1.807) is 7.05 Å². The molecule has 0 N–H and O–H groups in total. The fourth-order valence-corrected chi connectivity index (χ4v) is 2.21. The zero-order chi connectivity index (χ0) is 15.5. The highest BCUT2D eigenvalue weighted by molar-refractivity contribution is 5.44. The molecule has 0 saturated carbocycles.